The summed E-state index contributed by atoms with van der Waals surface area (Å²) in [7, 11) is 0. The minimum atomic E-state index is -0.361. The van der Waals surface area contributed by atoms with Crippen molar-refractivity contribution in [3.63, 3.8) is 0 Å². The largest absolute Gasteiger partial charge is 0.466 e. The first-order valence-corrected chi connectivity index (χ1v) is 7.19. The van der Waals surface area contributed by atoms with Gasteiger partial charge in [0.15, 0.2) is 5.69 Å². The first kappa shape index (κ1) is 15.5. The highest BCUT2D eigenvalue weighted by atomic mass is 16.5. The smallest absolute Gasteiger partial charge is 0.310 e. The van der Waals surface area contributed by atoms with E-state index in [9.17, 15) is 9.59 Å². The van der Waals surface area contributed by atoms with Crippen LogP contribution in [-0.4, -0.2) is 41.5 Å². The molecule has 2 atom stereocenters. The first-order valence-electron chi connectivity index (χ1n) is 7.19. The maximum Gasteiger partial charge on any atom is 0.310 e. The third kappa shape index (κ3) is 3.60. The van der Waals surface area contributed by atoms with Gasteiger partial charge in [-0.15, -0.1) is 0 Å². The van der Waals surface area contributed by atoms with Crippen LogP contribution in [0.5, 0.6) is 0 Å². The Morgan fingerprint density at radius 3 is 3.00 bits per heavy atom. The summed E-state index contributed by atoms with van der Waals surface area (Å²) < 4.78 is 10.2. The van der Waals surface area contributed by atoms with Crippen molar-refractivity contribution in [3.8, 4) is 0 Å². The summed E-state index contributed by atoms with van der Waals surface area (Å²) in [6, 6.07) is -0.361. The number of oxazole rings is 1. The van der Waals surface area contributed by atoms with Gasteiger partial charge >= 0.3 is 5.97 Å². The number of hydrogen-bond acceptors (Lipinski definition) is 6. The molecule has 0 bridgehead atoms. The summed E-state index contributed by atoms with van der Waals surface area (Å²) in [6.45, 7) is 4.82. The van der Waals surface area contributed by atoms with E-state index in [1.54, 1.807) is 18.7 Å². The molecule has 0 saturated carbocycles. The topological polar surface area (TPSA) is 98.7 Å². The Labute approximate surface area is 123 Å². The molecule has 1 aliphatic rings. The predicted octanol–water partition coefficient (Wildman–Crippen LogP) is 1.11. The molecule has 116 valence electrons. The van der Waals surface area contributed by atoms with Crippen molar-refractivity contribution < 1.29 is 18.7 Å². The van der Waals surface area contributed by atoms with Gasteiger partial charge in [-0.1, -0.05) is 0 Å². The molecular formula is C14H21N3O4. The molecule has 2 rings (SSSR count). The molecule has 7 nitrogen and oxygen atoms in total. The van der Waals surface area contributed by atoms with Crippen LogP contribution in [0.4, 0.5) is 0 Å². The number of ether oxygens (including phenoxy) is 1. The number of rotatable bonds is 4. The number of hydrogen-bond donors (Lipinski definition) is 1. The van der Waals surface area contributed by atoms with Gasteiger partial charge in [0.05, 0.1) is 18.6 Å². The zero-order chi connectivity index (χ0) is 15.4. The first-order chi connectivity index (χ1) is 10.0. The van der Waals surface area contributed by atoms with Crippen LogP contribution in [-0.2, 0) is 9.53 Å². The Hall–Kier alpha value is -1.89. The van der Waals surface area contributed by atoms with Crippen molar-refractivity contribution >= 4 is 11.9 Å². The molecule has 1 saturated heterocycles. The van der Waals surface area contributed by atoms with Crippen LogP contribution < -0.4 is 5.73 Å². The highest BCUT2D eigenvalue weighted by molar-refractivity contribution is 5.92. The van der Waals surface area contributed by atoms with E-state index in [4.69, 9.17) is 14.9 Å². The SMILES string of the molecule is CCOC(=O)C1CCCN(C(=O)c2coc(C(C)N)n2)C1. The molecule has 0 aromatic carbocycles. The van der Waals surface area contributed by atoms with Crippen LogP contribution in [0.3, 0.4) is 0 Å². The summed E-state index contributed by atoms with van der Waals surface area (Å²) in [5.74, 6) is -0.411. The Bertz CT molecular complexity index is 512. The Kier molecular flexibility index (Phi) is 4.95. The third-order valence-electron chi connectivity index (χ3n) is 3.46. The van der Waals surface area contributed by atoms with Crippen LogP contribution in [0.15, 0.2) is 10.7 Å². The van der Waals surface area contributed by atoms with Crippen molar-refractivity contribution in [3.05, 3.63) is 17.8 Å². The minimum absolute atomic E-state index is 0.229. The van der Waals surface area contributed by atoms with E-state index in [1.807, 2.05) is 0 Å². The van der Waals surface area contributed by atoms with E-state index in [2.05, 4.69) is 4.98 Å². The number of piperidine rings is 1. The highest BCUT2D eigenvalue weighted by Crippen LogP contribution is 2.20. The molecule has 1 aromatic rings. The van der Waals surface area contributed by atoms with E-state index in [-0.39, 0.29) is 29.5 Å². The Balaban J connectivity index is 2.02. The number of aromatic nitrogens is 1. The lowest BCUT2D eigenvalue weighted by Gasteiger charge is -2.30. The molecule has 1 fully saturated rings. The second kappa shape index (κ2) is 6.71. The van der Waals surface area contributed by atoms with Gasteiger partial charge in [0.25, 0.3) is 5.91 Å². The Morgan fingerprint density at radius 2 is 2.38 bits per heavy atom. The van der Waals surface area contributed by atoms with Gasteiger partial charge in [-0.25, -0.2) is 4.98 Å². The second-order valence-corrected chi connectivity index (χ2v) is 5.20. The number of carbonyl (C=O) groups excluding carboxylic acids is 2. The predicted molar refractivity (Wildman–Crippen MR) is 74.4 cm³/mol. The quantitative estimate of drug-likeness (QED) is 0.835. The fourth-order valence-corrected chi connectivity index (χ4v) is 2.37. The maximum absolute atomic E-state index is 12.4. The molecule has 21 heavy (non-hydrogen) atoms. The lowest BCUT2D eigenvalue weighted by Crippen LogP contribution is -2.43. The zero-order valence-electron chi connectivity index (χ0n) is 12.4. The molecule has 2 N–H and O–H groups in total. The number of nitrogens with zero attached hydrogens (tertiary/aromatic N) is 2. The highest BCUT2D eigenvalue weighted by Gasteiger charge is 2.31. The van der Waals surface area contributed by atoms with E-state index < -0.39 is 0 Å². The van der Waals surface area contributed by atoms with Crippen LogP contribution in [0.25, 0.3) is 0 Å². The molecule has 2 heterocycles. The average Bonchev–Trinajstić information content (AvgIpc) is 2.97. The minimum Gasteiger partial charge on any atom is -0.466 e. The van der Waals surface area contributed by atoms with Gasteiger partial charge in [-0.05, 0) is 26.7 Å². The van der Waals surface area contributed by atoms with Crippen LogP contribution >= 0.6 is 0 Å². The molecule has 1 aromatic heterocycles. The Morgan fingerprint density at radius 1 is 1.62 bits per heavy atom. The molecule has 2 unspecified atom stereocenters. The monoisotopic (exact) mass is 295 g/mol. The molecule has 0 aliphatic carbocycles. The summed E-state index contributed by atoms with van der Waals surface area (Å²) in [6.07, 6.45) is 2.83. The maximum atomic E-state index is 12.4. The molecule has 7 heteroatoms. The fraction of sp³-hybridized carbons (Fsp3) is 0.643. The van der Waals surface area contributed by atoms with Crippen LogP contribution in [0, 0.1) is 5.92 Å². The van der Waals surface area contributed by atoms with Crippen molar-refractivity contribution in [2.24, 2.45) is 11.7 Å². The third-order valence-corrected chi connectivity index (χ3v) is 3.46. The number of likely N-dealkylation sites (tertiary alicyclic amines) is 1. The molecular weight excluding hydrogens is 274 g/mol. The summed E-state index contributed by atoms with van der Waals surface area (Å²) >= 11 is 0. The van der Waals surface area contributed by atoms with Crippen LogP contribution in [0.1, 0.15) is 49.1 Å². The molecule has 1 aliphatic heterocycles. The van der Waals surface area contributed by atoms with E-state index >= 15 is 0 Å². The molecule has 0 spiro atoms. The van der Waals surface area contributed by atoms with Gasteiger partial charge in [-0.3, -0.25) is 9.59 Å². The second-order valence-electron chi connectivity index (χ2n) is 5.20. The van der Waals surface area contributed by atoms with E-state index in [0.717, 1.165) is 12.8 Å². The standard InChI is InChI=1S/C14H21N3O4/c1-3-20-14(19)10-5-4-6-17(7-10)13(18)11-8-21-12(16-11)9(2)15/h8-10H,3-7,15H2,1-2H3. The lowest BCUT2D eigenvalue weighted by molar-refractivity contribution is -0.149. The van der Waals surface area contributed by atoms with Gasteiger partial charge in [-0.2, -0.15) is 0 Å². The van der Waals surface area contributed by atoms with Crippen molar-refractivity contribution in [2.75, 3.05) is 19.7 Å². The average molecular weight is 295 g/mol. The van der Waals surface area contributed by atoms with Gasteiger partial charge in [0.2, 0.25) is 5.89 Å². The zero-order valence-corrected chi connectivity index (χ0v) is 12.4. The summed E-state index contributed by atoms with van der Waals surface area (Å²) in [5, 5.41) is 0. The fourth-order valence-electron chi connectivity index (χ4n) is 2.37. The lowest BCUT2D eigenvalue weighted by atomic mass is 9.98. The van der Waals surface area contributed by atoms with Gasteiger partial charge < -0.3 is 19.8 Å². The molecule has 1 amide bonds. The summed E-state index contributed by atoms with van der Waals surface area (Å²) in [5.41, 5.74) is 5.89. The normalized spacial score (nSPS) is 20.1. The molecule has 0 radical (unpaired) electrons. The van der Waals surface area contributed by atoms with E-state index in [1.165, 1.54) is 6.26 Å². The summed E-state index contributed by atoms with van der Waals surface area (Å²) in [4.78, 5) is 29.9. The van der Waals surface area contributed by atoms with E-state index in [0.29, 0.717) is 25.6 Å². The van der Waals surface area contributed by atoms with Crippen molar-refractivity contribution in [1.82, 2.24) is 9.88 Å². The van der Waals surface area contributed by atoms with Crippen LogP contribution in [0.2, 0.25) is 0 Å². The van der Waals surface area contributed by atoms with Crippen molar-refractivity contribution in [1.29, 1.82) is 0 Å². The van der Waals surface area contributed by atoms with Crippen molar-refractivity contribution in [2.45, 2.75) is 32.7 Å². The number of nitrogens with two attached hydrogens (primary N) is 1. The number of esters is 1. The number of amides is 1. The van der Waals surface area contributed by atoms with Gasteiger partial charge in [0, 0.05) is 13.1 Å². The number of carbonyl (C=O) groups is 2. The van der Waals surface area contributed by atoms with Gasteiger partial charge in [0.1, 0.15) is 6.26 Å².